The highest BCUT2D eigenvalue weighted by atomic mass is 15.1. The zero-order valence-corrected chi connectivity index (χ0v) is 38.5. The lowest BCUT2D eigenvalue weighted by molar-refractivity contribution is 0.590. The van der Waals surface area contributed by atoms with E-state index in [4.69, 9.17) is 0 Å². The Morgan fingerprint density at radius 1 is 0.339 bits per heavy atom. The largest absolute Gasteiger partial charge is 0.310 e. The lowest BCUT2D eigenvalue weighted by Crippen LogP contribution is -2.60. The van der Waals surface area contributed by atoms with Gasteiger partial charge in [-0.05, 0) is 121 Å². The fourth-order valence-corrected chi connectivity index (χ4v) is 11.2. The molecule has 0 spiro atoms. The van der Waals surface area contributed by atoms with Crippen molar-refractivity contribution in [2.75, 3.05) is 0 Å². The highest BCUT2D eigenvalue weighted by molar-refractivity contribution is 7.00. The van der Waals surface area contributed by atoms with Crippen LogP contribution in [0.2, 0.25) is 0 Å². The van der Waals surface area contributed by atoms with Crippen molar-refractivity contribution in [2.45, 2.75) is 105 Å². The quantitative estimate of drug-likeness (QED) is 0.147. The molecule has 306 valence electrons. The normalized spacial score (nSPS) is 14.1. The molecule has 2 aliphatic rings. The molecule has 0 fully saturated rings. The molecular formula is C58H56BN3. The molecule has 0 saturated heterocycles. The van der Waals surface area contributed by atoms with Gasteiger partial charge in [-0.15, -0.1) is 0 Å². The lowest BCUT2D eigenvalue weighted by atomic mass is 9.33. The summed E-state index contributed by atoms with van der Waals surface area (Å²) in [4.78, 5) is 0. The smallest absolute Gasteiger partial charge is 0.252 e. The van der Waals surface area contributed by atoms with E-state index >= 15 is 0 Å². The van der Waals surface area contributed by atoms with Crippen LogP contribution in [0.1, 0.15) is 105 Å². The molecule has 0 radical (unpaired) electrons. The van der Waals surface area contributed by atoms with Crippen molar-refractivity contribution in [3.63, 3.8) is 0 Å². The van der Waals surface area contributed by atoms with E-state index < -0.39 is 0 Å². The first kappa shape index (κ1) is 37.7. The first-order chi connectivity index (χ1) is 29.3. The van der Waals surface area contributed by atoms with Crippen molar-refractivity contribution in [1.29, 1.82) is 0 Å². The third kappa shape index (κ3) is 4.95. The number of aromatic nitrogens is 3. The number of rotatable bonds is 1. The molecule has 0 atom stereocenters. The van der Waals surface area contributed by atoms with Crippen LogP contribution in [0, 0.1) is 0 Å². The third-order valence-corrected chi connectivity index (χ3v) is 14.6. The molecule has 5 heterocycles. The van der Waals surface area contributed by atoms with Crippen LogP contribution in [0.25, 0.3) is 82.5 Å². The Labute approximate surface area is 366 Å². The minimum absolute atomic E-state index is 0.00830. The van der Waals surface area contributed by atoms with Crippen molar-refractivity contribution < 1.29 is 0 Å². The summed E-state index contributed by atoms with van der Waals surface area (Å²) in [5.41, 5.74) is 21.1. The Morgan fingerprint density at radius 3 is 1.23 bits per heavy atom. The van der Waals surface area contributed by atoms with E-state index in [1.165, 1.54) is 121 Å². The molecule has 7 aromatic carbocycles. The van der Waals surface area contributed by atoms with Crippen LogP contribution >= 0.6 is 0 Å². The summed E-state index contributed by atoms with van der Waals surface area (Å²) >= 11 is 0. The maximum absolute atomic E-state index is 2.69. The van der Waals surface area contributed by atoms with E-state index in [-0.39, 0.29) is 28.4 Å². The second kappa shape index (κ2) is 11.9. The van der Waals surface area contributed by atoms with E-state index in [1.54, 1.807) is 0 Å². The average molecular weight is 806 g/mol. The van der Waals surface area contributed by atoms with Crippen LogP contribution in [-0.2, 0) is 21.7 Å². The summed E-state index contributed by atoms with van der Waals surface area (Å²) in [7, 11) is 0. The summed E-state index contributed by atoms with van der Waals surface area (Å²) in [5, 5.41) is 7.93. The van der Waals surface area contributed by atoms with Gasteiger partial charge in [-0.2, -0.15) is 0 Å². The maximum Gasteiger partial charge on any atom is 0.252 e. The average Bonchev–Trinajstić information content (AvgIpc) is 3.85. The maximum atomic E-state index is 2.69. The highest BCUT2D eigenvalue weighted by Gasteiger charge is 2.44. The van der Waals surface area contributed by atoms with Gasteiger partial charge in [-0.3, -0.25) is 0 Å². The number of hydrogen-bond donors (Lipinski definition) is 0. The van der Waals surface area contributed by atoms with Gasteiger partial charge in [0.15, 0.2) is 0 Å². The minimum atomic E-state index is -0.0514. The first-order valence-corrected chi connectivity index (χ1v) is 22.7. The van der Waals surface area contributed by atoms with Crippen LogP contribution in [0.4, 0.5) is 0 Å². The Balaban J connectivity index is 1.34. The molecular weight excluding hydrogens is 749 g/mol. The van der Waals surface area contributed by atoms with Crippen LogP contribution < -0.4 is 16.4 Å². The van der Waals surface area contributed by atoms with E-state index in [0.717, 1.165) is 0 Å². The number of hydrogen-bond acceptors (Lipinski definition) is 0. The summed E-state index contributed by atoms with van der Waals surface area (Å²) < 4.78 is 7.89. The van der Waals surface area contributed by atoms with Gasteiger partial charge in [-0.1, -0.05) is 144 Å². The van der Waals surface area contributed by atoms with Crippen molar-refractivity contribution in [3.05, 3.63) is 144 Å². The van der Waals surface area contributed by atoms with Gasteiger partial charge in [-0.25, -0.2) is 0 Å². The van der Waals surface area contributed by atoms with Gasteiger partial charge in [0.1, 0.15) is 0 Å². The zero-order valence-electron chi connectivity index (χ0n) is 38.5. The standard InChI is InChI=1S/C58H56BN3/c1-55(2,3)33-21-23-47-39(27-33)41-29-35(57(7,8)9)31-43-52(41)61(47)49-25-26-50(60-45-19-15-13-17-37(45)38-18-14-16-20-46(38)60)54-51(49)59(43)44-32-36(58(10,11)12)30-42-40-28-34(56(4,5)6)22-24-48(40)62(54)53(42)44/h13-32H,1-12H3. The molecule has 0 N–H and O–H groups in total. The van der Waals surface area contributed by atoms with Crippen LogP contribution in [0.5, 0.6) is 0 Å². The van der Waals surface area contributed by atoms with E-state index in [2.05, 4.69) is 218 Å². The minimum Gasteiger partial charge on any atom is -0.310 e. The Morgan fingerprint density at radius 2 is 0.742 bits per heavy atom. The number of para-hydroxylation sites is 2. The monoisotopic (exact) mass is 805 g/mol. The summed E-state index contributed by atoms with van der Waals surface area (Å²) in [6.45, 7) is 28.3. The lowest BCUT2D eigenvalue weighted by Gasteiger charge is -2.36. The fourth-order valence-electron chi connectivity index (χ4n) is 11.2. The third-order valence-electron chi connectivity index (χ3n) is 14.6. The predicted octanol–water partition coefficient (Wildman–Crippen LogP) is 13.3. The van der Waals surface area contributed by atoms with Gasteiger partial charge in [0.25, 0.3) is 6.71 Å². The van der Waals surface area contributed by atoms with Crippen molar-refractivity contribution in [2.24, 2.45) is 0 Å². The molecule has 0 amide bonds. The van der Waals surface area contributed by atoms with Crippen molar-refractivity contribution in [1.82, 2.24) is 13.7 Å². The molecule has 2 aliphatic heterocycles. The molecule has 10 aromatic rings. The second-order valence-corrected chi connectivity index (χ2v) is 22.7. The van der Waals surface area contributed by atoms with Crippen molar-refractivity contribution in [3.8, 4) is 17.1 Å². The Kier molecular flexibility index (Phi) is 7.26. The fraction of sp³-hybridized carbons (Fsp3) is 0.276. The summed E-state index contributed by atoms with van der Waals surface area (Å²) in [6, 6.07) is 47.7. The second-order valence-electron chi connectivity index (χ2n) is 22.7. The molecule has 0 aliphatic carbocycles. The predicted molar refractivity (Wildman–Crippen MR) is 269 cm³/mol. The molecule has 4 heteroatoms. The van der Waals surface area contributed by atoms with Crippen LogP contribution in [-0.4, -0.2) is 20.4 Å². The van der Waals surface area contributed by atoms with Gasteiger partial charge < -0.3 is 13.7 Å². The zero-order chi connectivity index (χ0) is 43.2. The first-order valence-electron chi connectivity index (χ1n) is 22.7. The van der Waals surface area contributed by atoms with Crippen LogP contribution in [0.3, 0.4) is 0 Å². The van der Waals surface area contributed by atoms with Crippen LogP contribution in [0.15, 0.2) is 121 Å². The summed E-state index contributed by atoms with van der Waals surface area (Å²) in [6.07, 6.45) is 0. The Hall–Kier alpha value is -6.00. The molecule has 3 nitrogen and oxygen atoms in total. The van der Waals surface area contributed by atoms with Gasteiger partial charge >= 0.3 is 0 Å². The number of nitrogens with zero attached hydrogens (tertiary/aromatic N) is 3. The van der Waals surface area contributed by atoms with Gasteiger partial charge in [0.05, 0.1) is 33.4 Å². The molecule has 0 unspecified atom stereocenters. The highest BCUT2D eigenvalue weighted by Crippen LogP contribution is 2.45. The molecule has 62 heavy (non-hydrogen) atoms. The molecule has 3 aromatic heterocycles. The molecule has 0 bridgehead atoms. The van der Waals surface area contributed by atoms with E-state index in [9.17, 15) is 0 Å². The number of fused-ring (bicyclic) bond motifs is 13. The van der Waals surface area contributed by atoms with Gasteiger partial charge in [0, 0.05) is 49.0 Å². The van der Waals surface area contributed by atoms with Gasteiger partial charge in [0.2, 0.25) is 0 Å². The molecule has 0 saturated carbocycles. The van der Waals surface area contributed by atoms with Crippen molar-refractivity contribution >= 4 is 88.5 Å². The number of benzene rings is 7. The SMILES string of the molecule is CC(C)(C)c1ccc2c(c1)c1cc(C(C)(C)C)cc3c1n2-c1ccc(-n2c4ccccc4c4ccccc42)c2c1B3c1cc(C(C)(C)C)cc3c4cc(C(C)(C)C)ccc4n-2c13. The van der Waals surface area contributed by atoms with E-state index in [1.807, 2.05) is 0 Å². The van der Waals surface area contributed by atoms with E-state index in [0.29, 0.717) is 0 Å². The Bertz CT molecular complexity index is 3560. The molecule has 12 rings (SSSR count). The summed E-state index contributed by atoms with van der Waals surface area (Å²) in [5.74, 6) is 0. The topological polar surface area (TPSA) is 14.8 Å².